The molecule has 6 nitrogen and oxygen atoms in total. The lowest BCUT2D eigenvalue weighted by Gasteiger charge is -2.22. The topological polar surface area (TPSA) is 66.9 Å². The Bertz CT molecular complexity index is 702. The van der Waals surface area contributed by atoms with Crippen molar-refractivity contribution in [1.29, 1.82) is 0 Å². The average molecular weight is 362 g/mol. The lowest BCUT2D eigenvalue weighted by molar-refractivity contribution is -0.138. The van der Waals surface area contributed by atoms with Gasteiger partial charge >= 0.3 is 5.97 Å². The first-order valence-electron chi connectivity index (χ1n) is 8.02. The summed E-state index contributed by atoms with van der Waals surface area (Å²) in [5, 5.41) is 0.459. The van der Waals surface area contributed by atoms with E-state index >= 15 is 0 Å². The summed E-state index contributed by atoms with van der Waals surface area (Å²) < 4.78 is 4.87. The summed E-state index contributed by atoms with van der Waals surface area (Å²) in [7, 11) is 1.71. The molecule has 0 unspecified atom stereocenters. The number of hydrogen-bond acceptors (Lipinski definition) is 5. The monoisotopic (exact) mass is 362 g/mol. The Morgan fingerprint density at radius 2 is 2.08 bits per heavy atom. The first kappa shape index (κ1) is 19.1. The largest absolute Gasteiger partial charge is 0.463 e. The fraction of sp³-hybridized carbons (Fsp3) is 0.389. The Morgan fingerprint density at radius 1 is 1.36 bits per heavy atom. The van der Waals surface area contributed by atoms with Gasteiger partial charge in [0, 0.05) is 13.6 Å². The van der Waals surface area contributed by atoms with Crippen LogP contribution in [-0.4, -0.2) is 53.5 Å². The summed E-state index contributed by atoms with van der Waals surface area (Å²) in [4.78, 5) is 39.1. The van der Waals surface area contributed by atoms with Gasteiger partial charge in [-0.15, -0.1) is 0 Å². The normalized spacial score (nSPS) is 15.6. The van der Waals surface area contributed by atoms with Crippen LogP contribution in [0.1, 0.15) is 18.1 Å². The highest BCUT2D eigenvalue weighted by Gasteiger charge is 2.30. The van der Waals surface area contributed by atoms with Crippen LogP contribution in [0, 0.1) is 6.92 Å². The minimum Gasteiger partial charge on any atom is -0.463 e. The number of carbonyl (C=O) groups excluding carboxylic acids is 3. The predicted molar refractivity (Wildman–Crippen MR) is 96.5 cm³/mol. The van der Waals surface area contributed by atoms with Crippen LogP contribution in [0.3, 0.4) is 0 Å². The van der Waals surface area contributed by atoms with Crippen molar-refractivity contribution >= 4 is 29.5 Å². The van der Waals surface area contributed by atoms with Gasteiger partial charge in [0.2, 0.25) is 11.8 Å². The van der Waals surface area contributed by atoms with Crippen LogP contribution in [0.4, 0.5) is 0 Å². The summed E-state index contributed by atoms with van der Waals surface area (Å²) in [6, 6.07) is 7.85. The number of aryl methyl sites for hydroxylation is 1. The SMILES string of the molecule is CCOC(=O)C=C1SCC(=O)N1CC(=O)N(C)Cc1ccccc1C. The van der Waals surface area contributed by atoms with Gasteiger partial charge in [-0.25, -0.2) is 4.79 Å². The van der Waals surface area contributed by atoms with E-state index in [-0.39, 0.29) is 30.7 Å². The average Bonchev–Trinajstić information content (AvgIpc) is 2.90. The molecule has 0 bridgehead atoms. The number of esters is 1. The van der Waals surface area contributed by atoms with E-state index in [9.17, 15) is 14.4 Å². The lowest BCUT2D eigenvalue weighted by Crippen LogP contribution is -2.38. The molecule has 0 N–H and O–H groups in total. The van der Waals surface area contributed by atoms with Crippen molar-refractivity contribution in [2.24, 2.45) is 0 Å². The zero-order valence-electron chi connectivity index (χ0n) is 14.7. The fourth-order valence-corrected chi connectivity index (χ4v) is 3.30. The Morgan fingerprint density at radius 3 is 2.76 bits per heavy atom. The number of hydrogen-bond donors (Lipinski definition) is 0. The molecular weight excluding hydrogens is 340 g/mol. The molecule has 1 aliphatic rings. The molecule has 0 aliphatic carbocycles. The van der Waals surface area contributed by atoms with Gasteiger partial charge in [0.25, 0.3) is 0 Å². The second-order valence-corrected chi connectivity index (χ2v) is 6.68. The first-order valence-corrected chi connectivity index (χ1v) is 9.01. The number of amides is 2. The van der Waals surface area contributed by atoms with Crippen molar-refractivity contribution in [3.05, 3.63) is 46.5 Å². The smallest absolute Gasteiger partial charge is 0.333 e. The van der Waals surface area contributed by atoms with E-state index in [0.29, 0.717) is 11.6 Å². The van der Waals surface area contributed by atoms with E-state index in [1.54, 1.807) is 18.9 Å². The first-order chi connectivity index (χ1) is 11.9. The Balaban J connectivity index is 2.03. The van der Waals surface area contributed by atoms with Crippen molar-refractivity contribution in [3.8, 4) is 0 Å². The number of rotatable bonds is 6. The molecule has 1 aromatic carbocycles. The van der Waals surface area contributed by atoms with Gasteiger partial charge in [0.15, 0.2) is 0 Å². The number of benzene rings is 1. The van der Waals surface area contributed by atoms with Gasteiger partial charge in [0.05, 0.1) is 23.5 Å². The molecule has 0 aromatic heterocycles. The molecule has 25 heavy (non-hydrogen) atoms. The maximum Gasteiger partial charge on any atom is 0.333 e. The van der Waals surface area contributed by atoms with Crippen molar-refractivity contribution in [3.63, 3.8) is 0 Å². The molecular formula is C18H22N2O4S. The van der Waals surface area contributed by atoms with Crippen molar-refractivity contribution < 1.29 is 19.1 Å². The van der Waals surface area contributed by atoms with E-state index in [1.807, 2.05) is 31.2 Å². The third-order valence-electron chi connectivity index (χ3n) is 3.83. The third kappa shape index (κ3) is 5.09. The number of ether oxygens (including phenoxy) is 1. The Hall–Kier alpha value is -2.28. The Kier molecular flexibility index (Phi) is 6.64. The minimum atomic E-state index is -0.509. The fourth-order valence-electron chi connectivity index (χ4n) is 2.37. The van der Waals surface area contributed by atoms with Gasteiger partial charge in [0.1, 0.15) is 6.54 Å². The summed E-state index contributed by atoms with van der Waals surface area (Å²) in [5.41, 5.74) is 2.17. The van der Waals surface area contributed by atoms with Gasteiger partial charge in [-0.05, 0) is 25.0 Å². The summed E-state index contributed by atoms with van der Waals surface area (Å²) in [6.45, 7) is 4.36. The van der Waals surface area contributed by atoms with Crippen LogP contribution in [0.2, 0.25) is 0 Å². The van der Waals surface area contributed by atoms with Crippen molar-refractivity contribution in [1.82, 2.24) is 9.80 Å². The molecule has 1 heterocycles. The van der Waals surface area contributed by atoms with Crippen LogP contribution in [0.25, 0.3) is 0 Å². The van der Waals surface area contributed by atoms with Crippen LogP contribution in [0.15, 0.2) is 35.4 Å². The number of carbonyl (C=O) groups is 3. The predicted octanol–water partition coefficient (Wildman–Crippen LogP) is 1.93. The zero-order chi connectivity index (χ0) is 18.4. The second-order valence-electron chi connectivity index (χ2n) is 5.68. The van der Waals surface area contributed by atoms with E-state index < -0.39 is 5.97 Å². The van der Waals surface area contributed by atoms with Crippen LogP contribution >= 0.6 is 11.8 Å². The second kappa shape index (κ2) is 8.71. The van der Waals surface area contributed by atoms with E-state index in [2.05, 4.69) is 0 Å². The minimum absolute atomic E-state index is 0.0839. The summed E-state index contributed by atoms with van der Waals surface area (Å²) in [6.07, 6.45) is 1.27. The maximum absolute atomic E-state index is 12.5. The molecule has 2 rings (SSSR count). The van der Waals surface area contributed by atoms with Crippen LogP contribution < -0.4 is 0 Å². The summed E-state index contributed by atoms with van der Waals surface area (Å²) in [5.74, 6) is -0.655. The highest BCUT2D eigenvalue weighted by Crippen LogP contribution is 2.28. The van der Waals surface area contributed by atoms with Crippen LogP contribution in [-0.2, 0) is 25.7 Å². The molecule has 2 amide bonds. The van der Waals surface area contributed by atoms with E-state index in [0.717, 1.165) is 11.1 Å². The number of nitrogens with zero attached hydrogens (tertiary/aromatic N) is 2. The quantitative estimate of drug-likeness (QED) is 0.571. The molecule has 0 spiro atoms. The third-order valence-corrected chi connectivity index (χ3v) is 4.85. The molecule has 7 heteroatoms. The lowest BCUT2D eigenvalue weighted by atomic mass is 10.1. The molecule has 1 aliphatic heterocycles. The molecule has 134 valence electrons. The Labute approximate surface area is 151 Å². The zero-order valence-corrected chi connectivity index (χ0v) is 15.5. The van der Waals surface area contributed by atoms with Gasteiger partial charge < -0.3 is 9.64 Å². The molecule has 0 atom stereocenters. The van der Waals surface area contributed by atoms with Crippen molar-refractivity contribution in [2.75, 3.05) is 26.0 Å². The van der Waals surface area contributed by atoms with E-state index in [4.69, 9.17) is 4.74 Å². The number of thioether (sulfide) groups is 1. The molecule has 0 radical (unpaired) electrons. The van der Waals surface area contributed by atoms with Crippen molar-refractivity contribution in [2.45, 2.75) is 20.4 Å². The van der Waals surface area contributed by atoms with Gasteiger partial charge in [-0.1, -0.05) is 36.0 Å². The highest BCUT2D eigenvalue weighted by molar-refractivity contribution is 8.04. The highest BCUT2D eigenvalue weighted by atomic mass is 32.2. The van der Waals surface area contributed by atoms with Gasteiger partial charge in [-0.2, -0.15) is 0 Å². The molecule has 1 fully saturated rings. The number of likely N-dealkylation sites (N-methyl/N-ethyl adjacent to an activating group) is 1. The molecule has 1 aromatic rings. The van der Waals surface area contributed by atoms with Crippen LogP contribution in [0.5, 0.6) is 0 Å². The molecule has 1 saturated heterocycles. The van der Waals surface area contributed by atoms with E-state index in [1.165, 1.54) is 22.7 Å². The summed E-state index contributed by atoms with van der Waals surface area (Å²) >= 11 is 1.24. The maximum atomic E-state index is 12.5. The molecule has 0 saturated carbocycles. The van der Waals surface area contributed by atoms with Gasteiger partial charge in [-0.3, -0.25) is 14.5 Å². The standard InChI is InChI=1S/C18H22N2O4S/c1-4-24-18(23)9-17-20(16(22)12-25-17)11-15(21)19(3)10-14-8-6-5-7-13(14)2/h5-9H,4,10-12H2,1-3H3.